The molecule has 0 N–H and O–H groups in total. The summed E-state index contributed by atoms with van der Waals surface area (Å²) < 4.78 is 7.15. The third-order valence-corrected chi connectivity index (χ3v) is 4.35. The van der Waals surface area contributed by atoms with Crippen molar-refractivity contribution in [3.05, 3.63) is 37.6 Å². The lowest BCUT2D eigenvalue weighted by Gasteiger charge is -2.01. The van der Waals surface area contributed by atoms with Crippen LogP contribution in [0.3, 0.4) is 0 Å². The van der Waals surface area contributed by atoms with Crippen LogP contribution in [0.5, 0.6) is 5.75 Å². The van der Waals surface area contributed by atoms with E-state index in [1.54, 1.807) is 18.4 Å². The molecule has 78 valence electrons. The minimum atomic E-state index is 0.824. The van der Waals surface area contributed by atoms with Gasteiger partial charge in [0, 0.05) is 5.56 Å². The zero-order chi connectivity index (χ0) is 10.8. The van der Waals surface area contributed by atoms with Gasteiger partial charge < -0.3 is 4.74 Å². The maximum atomic E-state index is 5.96. The minimum Gasteiger partial charge on any atom is -0.497 e. The molecule has 0 atom stereocenters. The van der Waals surface area contributed by atoms with Gasteiger partial charge in [0.05, 0.1) is 14.3 Å². The molecule has 1 aromatic carbocycles. The number of rotatable bonds is 2. The van der Waals surface area contributed by atoms with E-state index in [1.807, 2.05) is 30.3 Å². The Morgan fingerprint density at radius 2 is 1.93 bits per heavy atom. The highest BCUT2D eigenvalue weighted by Crippen LogP contribution is 2.35. The number of methoxy groups -OCH3 is 1. The number of hydrogen-bond acceptors (Lipinski definition) is 2. The van der Waals surface area contributed by atoms with Crippen LogP contribution in [0.1, 0.15) is 0 Å². The number of ether oxygens (including phenoxy) is 1. The van der Waals surface area contributed by atoms with Gasteiger partial charge in [0.25, 0.3) is 0 Å². The normalized spacial score (nSPS) is 10.3. The fraction of sp³-hybridized carbons (Fsp3) is 0.0909. The van der Waals surface area contributed by atoms with Gasteiger partial charge in [-0.25, -0.2) is 0 Å². The topological polar surface area (TPSA) is 9.23 Å². The van der Waals surface area contributed by atoms with Crippen LogP contribution in [-0.2, 0) is 0 Å². The summed E-state index contributed by atoms with van der Waals surface area (Å²) >= 11 is 9.86. The van der Waals surface area contributed by atoms with Gasteiger partial charge >= 0.3 is 0 Å². The van der Waals surface area contributed by atoms with E-state index in [9.17, 15) is 0 Å². The summed E-state index contributed by atoms with van der Waals surface area (Å²) in [5, 5.41) is 0. The highest BCUT2D eigenvalue weighted by atomic mass is 127. The molecule has 4 heteroatoms. The lowest BCUT2D eigenvalue weighted by atomic mass is 10.1. The van der Waals surface area contributed by atoms with E-state index in [1.165, 1.54) is 14.0 Å². The monoisotopic (exact) mass is 350 g/mol. The molecule has 1 heterocycles. The number of halogens is 2. The van der Waals surface area contributed by atoms with Crippen LogP contribution in [0.15, 0.2) is 30.3 Å². The summed E-state index contributed by atoms with van der Waals surface area (Å²) in [6, 6.07) is 9.99. The first-order valence-electron chi connectivity index (χ1n) is 4.30. The summed E-state index contributed by atoms with van der Waals surface area (Å²) in [6.45, 7) is 0. The van der Waals surface area contributed by atoms with Crippen molar-refractivity contribution in [1.82, 2.24) is 0 Å². The molecule has 0 spiro atoms. The third kappa shape index (κ3) is 2.46. The van der Waals surface area contributed by atoms with Crippen molar-refractivity contribution in [2.24, 2.45) is 0 Å². The molecule has 0 amide bonds. The molecular weight excluding hydrogens is 343 g/mol. The molecule has 1 aromatic heterocycles. The van der Waals surface area contributed by atoms with Gasteiger partial charge in [0.15, 0.2) is 0 Å². The largest absolute Gasteiger partial charge is 0.497 e. The fourth-order valence-electron chi connectivity index (χ4n) is 1.31. The highest BCUT2D eigenvalue weighted by molar-refractivity contribution is 14.1. The van der Waals surface area contributed by atoms with Crippen molar-refractivity contribution in [1.29, 1.82) is 0 Å². The average molecular weight is 351 g/mol. The average Bonchev–Trinajstić information content (AvgIpc) is 2.58. The second kappa shape index (κ2) is 4.72. The van der Waals surface area contributed by atoms with Gasteiger partial charge in [-0.1, -0.05) is 23.7 Å². The van der Waals surface area contributed by atoms with E-state index in [0.29, 0.717) is 0 Å². The van der Waals surface area contributed by atoms with Gasteiger partial charge in [-0.3, -0.25) is 0 Å². The molecule has 0 saturated heterocycles. The van der Waals surface area contributed by atoms with Gasteiger partial charge in [-0.05, 0) is 46.4 Å². The van der Waals surface area contributed by atoms with Crippen LogP contribution in [-0.4, -0.2) is 7.11 Å². The standard InChI is InChI=1S/C11H8ClIOS/c1-14-8-4-2-7(3-5-8)9-6-10(12)15-11(9)13/h2-6H,1H3. The summed E-state index contributed by atoms with van der Waals surface area (Å²) in [5.41, 5.74) is 2.36. The van der Waals surface area contributed by atoms with E-state index in [-0.39, 0.29) is 0 Å². The Bertz CT molecular complexity index is 464. The fourth-order valence-corrected chi connectivity index (χ4v) is 3.85. The van der Waals surface area contributed by atoms with Crippen LogP contribution in [0, 0.1) is 2.88 Å². The van der Waals surface area contributed by atoms with Gasteiger partial charge in [0.1, 0.15) is 5.75 Å². The Morgan fingerprint density at radius 3 is 2.40 bits per heavy atom. The minimum absolute atomic E-state index is 0.824. The highest BCUT2D eigenvalue weighted by Gasteiger charge is 2.07. The summed E-state index contributed by atoms with van der Waals surface area (Å²) in [7, 11) is 1.67. The molecule has 0 fully saturated rings. The van der Waals surface area contributed by atoms with Crippen molar-refractivity contribution in [2.75, 3.05) is 7.11 Å². The Morgan fingerprint density at radius 1 is 1.27 bits per heavy atom. The van der Waals surface area contributed by atoms with Crippen LogP contribution in [0.4, 0.5) is 0 Å². The van der Waals surface area contributed by atoms with E-state index >= 15 is 0 Å². The molecule has 0 aliphatic heterocycles. The van der Waals surface area contributed by atoms with E-state index in [4.69, 9.17) is 16.3 Å². The SMILES string of the molecule is COc1ccc(-c2cc(Cl)sc2I)cc1. The zero-order valence-corrected chi connectivity index (χ0v) is 11.7. The van der Waals surface area contributed by atoms with Crippen molar-refractivity contribution >= 4 is 45.5 Å². The first-order valence-corrected chi connectivity index (χ1v) is 6.57. The molecule has 0 saturated carbocycles. The van der Waals surface area contributed by atoms with Gasteiger partial charge in [0.2, 0.25) is 0 Å². The smallest absolute Gasteiger partial charge is 0.118 e. The second-order valence-electron chi connectivity index (χ2n) is 2.97. The van der Waals surface area contributed by atoms with Crippen LogP contribution in [0.25, 0.3) is 11.1 Å². The molecule has 0 radical (unpaired) electrons. The third-order valence-electron chi connectivity index (χ3n) is 2.06. The van der Waals surface area contributed by atoms with Gasteiger partial charge in [-0.15, -0.1) is 11.3 Å². The quantitative estimate of drug-likeness (QED) is 0.715. The predicted octanol–water partition coefficient (Wildman–Crippen LogP) is 4.68. The Labute approximate surface area is 111 Å². The van der Waals surface area contributed by atoms with Gasteiger partial charge in [-0.2, -0.15) is 0 Å². The Balaban J connectivity index is 2.41. The van der Waals surface area contributed by atoms with E-state index < -0.39 is 0 Å². The predicted molar refractivity (Wildman–Crippen MR) is 74.0 cm³/mol. The van der Waals surface area contributed by atoms with Crippen LogP contribution >= 0.6 is 45.5 Å². The second-order valence-corrected chi connectivity index (χ2v) is 6.46. The van der Waals surface area contributed by atoms with Crippen LogP contribution in [0.2, 0.25) is 4.34 Å². The maximum Gasteiger partial charge on any atom is 0.118 e. The molecule has 0 bridgehead atoms. The van der Waals surface area contributed by atoms with E-state index in [0.717, 1.165) is 10.1 Å². The lowest BCUT2D eigenvalue weighted by Crippen LogP contribution is -1.82. The first-order chi connectivity index (χ1) is 7.20. The van der Waals surface area contributed by atoms with Crippen molar-refractivity contribution in [3.8, 4) is 16.9 Å². The summed E-state index contributed by atoms with van der Waals surface area (Å²) in [4.78, 5) is 0. The molecule has 0 unspecified atom stereocenters. The molecule has 1 nitrogen and oxygen atoms in total. The Kier molecular flexibility index (Phi) is 3.53. The van der Waals surface area contributed by atoms with Crippen molar-refractivity contribution in [3.63, 3.8) is 0 Å². The maximum absolute atomic E-state index is 5.96. The van der Waals surface area contributed by atoms with E-state index in [2.05, 4.69) is 22.6 Å². The van der Waals surface area contributed by atoms with Crippen molar-refractivity contribution in [2.45, 2.75) is 0 Å². The molecule has 0 aliphatic rings. The van der Waals surface area contributed by atoms with Crippen molar-refractivity contribution < 1.29 is 4.74 Å². The lowest BCUT2D eigenvalue weighted by molar-refractivity contribution is 0.415. The molecule has 15 heavy (non-hydrogen) atoms. The Hall–Kier alpha value is -0.260. The molecular formula is C11H8ClIOS. The molecule has 0 aliphatic carbocycles. The number of thiophene rings is 1. The first kappa shape index (κ1) is 11.2. The molecule has 2 rings (SSSR count). The molecule has 2 aromatic rings. The number of benzene rings is 1. The zero-order valence-electron chi connectivity index (χ0n) is 7.96. The number of hydrogen-bond donors (Lipinski definition) is 0. The summed E-state index contributed by atoms with van der Waals surface area (Å²) in [5.74, 6) is 0.870. The summed E-state index contributed by atoms with van der Waals surface area (Å²) in [6.07, 6.45) is 0. The van der Waals surface area contributed by atoms with Crippen LogP contribution < -0.4 is 4.74 Å².